The normalized spacial score (nSPS) is 20.7. The van der Waals surface area contributed by atoms with Crippen molar-refractivity contribution in [1.29, 1.82) is 0 Å². The number of nitrogens with one attached hydrogen (secondary N) is 2. The number of hydrogen-bond donors (Lipinski definition) is 3. The number of rotatable bonds is 5. The maximum absolute atomic E-state index is 12.8. The van der Waals surface area contributed by atoms with Crippen LogP contribution in [0.25, 0.3) is 0 Å². The van der Waals surface area contributed by atoms with Crippen molar-refractivity contribution in [3.05, 3.63) is 34.9 Å². The molecule has 7 heteroatoms. The lowest BCUT2D eigenvalue weighted by Gasteiger charge is -2.29. The zero-order valence-electron chi connectivity index (χ0n) is 12.8. The molecule has 1 unspecified atom stereocenters. The molecular weight excluding hydrogens is 296 g/mol. The zero-order chi connectivity index (χ0) is 16.4. The lowest BCUT2D eigenvalue weighted by Crippen LogP contribution is -2.52. The maximum Gasteiger partial charge on any atom is 0.255 e. The van der Waals surface area contributed by atoms with Gasteiger partial charge in [-0.3, -0.25) is 19.7 Å². The summed E-state index contributed by atoms with van der Waals surface area (Å²) in [6.07, 6.45) is 0.645. The second-order valence-corrected chi connectivity index (χ2v) is 5.82. The van der Waals surface area contributed by atoms with Gasteiger partial charge in [-0.1, -0.05) is 18.2 Å². The van der Waals surface area contributed by atoms with E-state index in [4.69, 9.17) is 5.73 Å². The number of carbonyl (C=O) groups is 3. The van der Waals surface area contributed by atoms with E-state index >= 15 is 0 Å². The summed E-state index contributed by atoms with van der Waals surface area (Å²) >= 11 is 0. The maximum atomic E-state index is 12.8. The minimum atomic E-state index is -0.572. The van der Waals surface area contributed by atoms with E-state index in [1.807, 2.05) is 18.2 Å². The second kappa shape index (κ2) is 6.47. The summed E-state index contributed by atoms with van der Waals surface area (Å²) in [6, 6.07) is 5.16. The van der Waals surface area contributed by atoms with E-state index in [1.165, 1.54) is 0 Å². The highest BCUT2D eigenvalue weighted by atomic mass is 16.2. The summed E-state index contributed by atoms with van der Waals surface area (Å²) in [4.78, 5) is 37.7. The van der Waals surface area contributed by atoms with Gasteiger partial charge in [0.25, 0.3) is 5.91 Å². The highest BCUT2D eigenvalue weighted by Crippen LogP contribution is 2.29. The highest BCUT2D eigenvalue weighted by Gasteiger charge is 2.39. The Morgan fingerprint density at radius 1 is 1.30 bits per heavy atom. The summed E-state index contributed by atoms with van der Waals surface area (Å²) in [6.45, 7) is 2.18. The Labute approximate surface area is 134 Å². The molecule has 1 atom stereocenters. The third-order valence-electron chi connectivity index (χ3n) is 4.28. The van der Waals surface area contributed by atoms with Crippen molar-refractivity contribution in [3.63, 3.8) is 0 Å². The van der Waals surface area contributed by atoms with E-state index < -0.39 is 6.04 Å². The quantitative estimate of drug-likeness (QED) is 0.501. The average molecular weight is 316 g/mol. The molecule has 2 heterocycles. The molecule has 2 aliphatic heterocycles. The molecule has 2 aliphatic rings. The van der Waals surface area contributed by atoms with Crippen LogP contribution in [-0.2, 0) is 22.7 Å². The molecule has 1 aromatic carbocycles. The van der Waals surface area contributed by atoms with Crippen molar-refractivity contribution in [3.8, 4) is 0 Å². The van der Waals surface area contributed by atoms with Crippen molar-refractivity contribution >= 4 is 17.7 Å². The van der Waals surface area contributed by atoms with Crippen LogP contribution in [0.15, 0.2) is 18.2 Å². The van der Waals surface area contributed by atoms with E-state index in [1.54, 1.807) is 4.90 Å². The molecule has 3 rings (SSSR count). The van der Waals surface area contributed by atoms with Crippen molar-refractivity contribution in [2.75, 3.05) is 13.1 Å². The third-order valence-corrected chi connectivity index (χ3v) is 4.28. The molecule has 0 saturated carbocycles. The average Bonchev–Trinajstić information content (AvgIpc) is 2.85. The van der Waals surface area contributed by atoms with Crippen molar-refractivity contribution < 1.29 is 14.4 Å². The monoisotopic (exact) mass is 316 g/mol. The number of amides is 3. The minimum absolute atomic E-state index is 0.139. The van der Waals surface area contributed by atoms with Gasteiger partial charge < -0.3 is 16.0 Å². The van der Waals surface area contributed by atoms with Crippen molar-refractivity contribution in [1.82, 2.24) is 15.5 Å². The van der Waals surface area contributed by atoms with Gasteiger partial charge in [-0.05, 0) is 17.5 Å². The minimum Gasteiger partial charge on any atom is -0.329 e. The van der Waals surface area contributed by atoms with E-state index in [0.717, 1.165) is 11.1 Å². The summed E-state index contributed by atoms with van der Waals surface area (Å²) in [5.74, 6) is -0.799. The number of fused-ring (bicyclic) bond motifs is 1. The van der Waals surface area contributed by atoms with Gasteiger partial charge in [-0.15, -0.1) is 0 Å². The molecule has 1 fully saturated rings. The third kappa shape index (κ3) is 2.97. The van der Waals surface area contributed by atoms with Gasteiger partial charge in [-0.2, -0.15) is 0 Å². The van der Waals surface area contributed by atoms with Crippen LogP contribution in [0.1, 0.15) is 34.3 Å². The number of imide groups is 1. The van der Waals surface area contributed by atoms with Gasteiger partial charge in [0.2, 0.25) is 11.8 Å². The number of nitrogens with two attached hydrogens (primary N) is 1. The van der Waals surface area contributed by atoms with Gasteiger partial charge in [0, 0.05) is 38.2 Å². The molecule has 122 valence electrons. The van der Waals surface area contributed by atoms with Crippen LogP contribution >= 0.6 is 0 Å². The summed E-state index contributed by atoms with van der Waals surface area (Å²) < 4.78 is 0. The van der Waals surface area contributed by atoms with Crippen LogP contribution in [0.5, 0.6) is 0 Å². The molecule has 3 amide bonds. The zero-order valence-corrected chi connectivity index (χ0v) is 12.8. The molecule has 0 aromatic heterocycles. The topological polar surface area (TPSA) is 105 Å². The number of carbonyl (C=O) groups excluding carboxylic acids is 3. The fraction of sp³-hybridized carbons (Fsp3) is 0.438. The summed E-state index contributed by atoms with van der Waals surface area (Å²) in [5, 5.41) is 5.50. The fourth-order valence-electron chi connectivity index (χ4n) is 3.16. The molecule has 23 heavy (non-hydrogen) atoms. The Balaban J connectivity index is 1.80. The van der Waals surface area contributed by atoms with Crippen LogP contribution in [0.2, 0.25) is 0 Å². The molecule has 0 spiro atoms. The van der Waals surface area contributed by atoms with Gasteiger partial charge in [0.15, 0.2) is 0 Å². The van der Waals surface area contributed by atoms with E-state index in [9.17, 15) is 14.4 Å². The van der Waals surface area contributed by atoms with Crippen LogP contribution in [-0.4, -0.2) is 41.8 Å². The molecule has 0 radical (unpaired) electrons. The molecule has 7 nitrogen and oxygen atoms in total. The predicted octanol–water partition coefficient (Wildman–Crippen LogP) is -0.504. The van der Waals surface area contributed by atoms with Gasteiger partial charge >= 0.3 is 0 Å². The van der Waals surface area contributed by atoms with Gasteiger partial charge in [0.05, 0.1) is 0 Å². The predicted molar refractivity (Wildman–Crippen MR) is 83.2 cm³/mol. The SMILES string of the molecule is NCCNCc1cccc2c1C(=O)N(C1CCC(=O)NC1=O)C2. The molecular formula is C16H20N4O3. The summed E-state index contributed by atoms with van der Waals surface area (Å²) in [7, 11) is 0. The van der Waals surface area contributed by atoms with E-state index in [2.05, 4.69) is 10.6 Å². The number of piperidine rings is 1. The van der Waals surface area contributed by atoms with Crippen LogP contribution in [0.3, 0.4) is 0 Å². The lowest BCUT2D eigenvalue weighted by atomic mass is 10.0. The first kappa shape index (κ1) is 15.6. The molecule has 1 aromatic rings. The first-order valence-corrected chi connectivity index (χ1v) is 7.78. The first-order valence-electron chi connectivity index (χ1n) is 7.78. The summed E-state index contributed by atoms with van der Waals surface area (Å²) in [5.41, 5.74) is 7.97. The largest absolute Gasteiger partial charge is 0.329 e. The molecule has 1 saturated heterocycles. The second-order valence-electron chi connectivity index (χ2n) is 5.82. The fourth-order valence-corrected chi connectivity index (χ4v) is 3.16. The van der Waals surface area contributed by atoms with E-state index in [0.29, 0.717) is 38.2 Å². The number of hydrogen-bond acceptors (Lipinski definition) is 5. The van der Waals surface area contributed by atoms with Gasteiger partial charge in [-0.25, -0.2) is 0 Å². The van der Waals surface area contributed by atoms with Gasteiger partial charge in [0.1, 0.15) is 6.04 Å². The lowest BCUT2D eigenvalue weighted by molar-refractivity contribution is -0.136. The smallest absolute Gasteiger partial charge is 0.255 e. The Bertz CT molecular complexity index is 659. The van der Waals surface area contributed by atoms with Crippen LogP contribution in [0, 0.1) is 0 Å². The van der Waals surface area contributed by atoms with Crippen LogP contribution < -0.4 is 16.4 Å². The Hall–Kier alpha value is -2.25. The van der Waals surface area contributed by atoms with Crippen molar-refractivity contribution in [2.45, 2.75) is 32.0 Å². The Kier molecular flexibility index (Phi) is 4.40. The number of nitrogens with zero attached hydrogens (tertiary/aromatic N) is 1. The first-order chi connectivity index (χ1) is 11.1. The molecule has 0 aliphatic carbocycles. The molecule has 4 N–H and O–H groups in total. The van der Waals surface area contributed by atoms with E-state index in [-0.39, 0.29) is 24.1 Å². The molecule has 0 bridgehead atoms. The van der Waals surface area contributed by atoms with Crippen LogP contribution in [0.4, 0.5) is 0 Å². The Morgan fingerprint density at radius 3 is 2.87 bits per heavy atom. The van der Waals surface area contributed by atoms with Crippen molar-refractivity contribution in [2.24, 2.45) is 5.73 Å². The number of benzene rings is 1. The Morgan fingerprint density at radius 2 is 2.13 bits per heavy atom. The standard InChI is InChI=1S/C16H20N4O3/c17-6-7-18-8-10-2-1-3-11-9-20(16(23)14(10)11)12-4-5-13(21)19-15(12)22/h1-3,12,18H,4-9,17H2,(H,19,21,22). The highest BCUT2D eigenvalue weighted by molar-refractivity contribution is 6.05.